The molecule has 0 rings (SSSR count). The summed E-state index contributed by atoms with van der Waals surface area (Å²) in [6.07, 6.45) is 6.51. The lowest BCUT2D eigenvalue weighted by molar-refractivity contribution is 0.158. The average Bonchev–Trinajstić information content (AvgIpc) is 2.30. The molecule has 6 heteroatoms. The van der Waals surface area contributed by atoms with E-state index in [4.69, 9.17) is 9.42 Å². The molecular formula is C11H22FO4P. The first kappa shape index (κ1) is 16.8. The van der Waals surface area contributed by atoms with Gasteiger partial charge in [0.2, 0.25) is 0 Å². The average molecular weight is 268 g/mol. The van der Waals surface area contributed by atoms with Crippen LogP contribution < -0.4 is 0 Å². The van der Waals surface area contributed by atoms with Crippen LogP contribution in [-0.4, -0.2) is 24.8 Å². The summed E-state index contributed by atoms with van der Waals surface area (Å²) >= 11 is 0. The van der Waals surface area contributed by atoms with Crippen LogP contribution in [0.4, 0.5) is 4.39 Å². The summed E-state index contributed by atoms with van der Waals surface area (Å²) in [6.45, 7) is 3.32. The first-order valence-corrected chi connectivity index (χ1v) is 7.40. The van der Waals surface area contributed by atoms with Crippen molar-refractivity contribution in [1.82, 2.24) is 0 Å². The highest BCUT2D eigenvalue weighted by Gasteiger charge is 2.19. The Labute approximate surface area is 102 Å². The molecule has 0 heterocycles. The monoisotopic (exact) mass is 268 g/mol. The van der Waals surface area contributed by atoms with Gasteiger partial charge in [0.25, 0.3) is 0 Å². The van der Waals surface area contributed by atoms with Crippen LogP contribution in [-0.2, 0) is 13.6 Å². The van der Waals surface area contributed by atoms with Crippen LogP contribution in [0.3, 0.4) is 0 Å². The fourth-order valence-electron chi connectivity index (χ4n) is 1.27. The van der Waals surface area contributed by atoms with Crippen molar-refractivity contribution >= 4 is 7.82 Å². The van der Waals surface area contributed by atoms with Crippen LogP contribution in [0.25, 0.3) is 0 Å². The number of hydrogen-bond donors (Lipinski definition) is 1. The molecule has 102 valence electrons. The van der Waals surface area contributed by atoms with Crippen molar-refractivity contribution in [2.75, 3.05) is 19.9 Å². The highest BCUT2D eigenvalue weighted by Crippen LogP contribution is 2.43. The van der Waals surface area contributed by atoms with Gasteiger partial charge in [-0.05, 0) is 12.8 Å². The Hall–Kier alpha value is -0.220. The van der Waals surface area contributed by atoms with Crippen molar-refractivity contribution in [3.05, 3.63) is 12.7 Å². The molecule has 1 atom stereocenters. The molecule has 0 radical (unpaired) electrons. The van der Waals surface area contributed by atoms with E-state index in [0.717, 1.165) is 25.7 Å². The largest absolute Gasteiger partial charge is 0.472 e. The topological polar surface area (TPSA) is 55.8 Å². The SMILES string of the molecule is C=CCOP(=O)(O)OCCCCCCCCF. The fourth-order valence-corrected chi connectivity index (χ4v) is 2.00. The number of alkyl halides is 1. The maximum atomic E-state index is 11.8. The first-order chi connectivity index (χ1) is 8.12. The van der Waals surface area contributed by atoms with Gasteiger partial charge in [0.15, 0.2) is 0 Å². The molecule has 4 nitrogen and oxygen atoms in total. The van der Waals surface area contributed by atoms with Gasteiger partial charge in [0.05, 0.1) is 19.9 Å². The Morgan fingerprint density at radius 1 is 1.12 bits per heavy atom. The van der Waals surface area contributed by atoms with Gasteiger partial charge in [-0.1, -0.05) is 31.8 Å². The second-order valence-electron chi connectivity index (χ2n) is 3.70. The van der Waals surface area contributed by atoms with E-state index < -0.39 is 7.82 Å². The molecule has 0 aliphatic heterocycles. The Bertz CT molecular complexity index is 236. The molecule has 17 heavy (non-hydrogen) atoms. The standard InChI is InChI=1S/C11H22FO4P/c1-2-10-15-17(13,14)16-11-8-6-4-3-5-7-9-12/h2H,1,3-11H2,(H,13,14). The van der Waals surface area contributed by atoms with Gasteiger partial charge in [0, 0.05) is 0 Å². The summed E-state index contributed by atoms with van der Waals surface area (Å²) in [4.78, 5) is 9.14. The van der Waals surface area contributed by atoms with Gasteiger partial charge in [-0.3, -0.25) is 13.4 Å². The number of rotatable bonds is 12. The number of phosphoric acid groups is 1. The molecule has 1 unspecified atom stereocenters. The fraction of sp³-hybridized carbons (Fsp3) is 0.818. The Morgan fingerprint density at radius 3 is 2.29 bits per heavy atom. The zero-order chi connectivity index (χ0) is 13.0. The van der Waals surface area contributed by atoms with Crippen LogP contribution in [0.5, 0.6) is 0 Å². The van der Waals surface area contributed by atoms with Crippen molar-refractivity contribution in [2.45, 2.75) is 38.5 Å². The van der Waals surface area contributed by atoms with E-state index >= 15 is 0 Å². The van der Waals surface area contributed by atoms with Crippen molar-refractivity contribution in [1.29, 1.82) is 0 Å². The summed E-state index contributed by atoms with van der Waals surface area (Å²) in [6, 6.07) is 0. The van der Waals surface area contributed by atoms with Crippen molar-refractivity contribution in [3.8, 4) is 0 Å². The minimum absolute atomic E-state index is 0.00297. The summed E-state index contributed by atoms with van der Waals surface area (Å²) in [5.74, 6) is 0. The quantitative estimate of drug-likeness (QED) is 0.334. The number of halogens is 1. The molecule has 0 aliphatic rings. The Balaban J connectivity index is 3.32. The lowest BCUT2D eigenvalue weighted by Crippen LogP contribution is -1.97. The lowest BCUT2D eigenvalue weighted by atomic mass is 10.1. The second-order valence-corrected chi connectivity index (χ2v) is 5.15. The number of hydrogen-bond acceptors (Lipinski definition) is 3. The molecule has 0 aliphatic carbocycles. The highest BCUT2D eigenvalue weighted by molar-refractivity contribution is 7.47. The van der Waals surface area contributed by atoms with E-state index in [0.29, 0.717) is 12.8 Å². The number of phosphoric ester groups is 1. The molecule has 0 fully saturated rings. The third-order valence-corrected chi connectivity index (χ3v) is 3.12. The van der Waals surface area contributed by atoms with Crippen molar-refractivity contribution < 1.29 is 22.9 Å². The van der Waals surface area contributed by atoms with Gasteiger partial charge in [-0.2, -0.15) is 0 Å². The molecule has 0 spiro atoms. The zero-order valence-corrected chi connectivity index (χ0v) is 11.0. The van der Waals surface area contributed by atoms with Gasteiger partial charge < -0.3 is 4.89 Å². The number of unbranched alkanes of at least 4 members (excludes halogenated alkanes) is 5. The van der Waals surface area contributed by atoms with E-state index in [9.17, 15) is 8.96 Å². The van der Waals surface area contributed by atoms with Crippen LogP contribution in [0.1, 0.15) is 38.5 Å². The smallest absolute Gasteiger partial charge is 0.302 e. The molecule has 0 saturated heterocycles. The zero-order valence-electron chi connectivity index (χ0n) is 10.1. The van der Waals surface area contributed by atoms with E-state index in [-0.39, 0.29) is 19.9 Å². The van der Waals surface area contributed by atoms with Crippen molar-refractivity contribution in [3.63, 3.8) is 0 Å². The van der Waals surface area contributed by atoms with Gasteiger partial charge >= 0.3 is 7.82 Å². The van der Waals surface area contributed by atoms with E-state index in [2.05, 4.69) is 11.1 Å². The van der Waals surface area contributed by atoms with Crippen LogP contribution in [0, 0.1) is 0 Å². The maximum absolute atomic E-state index is 11.8. The molecule has 0 saturated carbocycles. The normalized spacial score (nSPS) is 14.5. The maximum Gasteiger partial charge on any atom is 0.472 e. The van der Waals surface area contributed by atoms with Crippen LogP contribution in [0.15, 0.2) is 12.7 Å². The molecule has 0 aromatic carbocycles. The third kappa shape index (κ3) is 12.0. The summed E-state index contributed by atoms with van der Waals surface area (Å²) < 4.78 is 32.2. The predicted molar refractivity (Wildman–Crippen MR) is 65.6 cm³/mol. The van der Waals surface area contributed by atoms with E-state index in [1.807, 2.05) is 0 Å². The molecule has 0 bridgehead atoms. The van der Waals surface area contributed by atoms with Gasteiger partial charge in [-0.15, -0.1) is 6.58 Å². The molecular weight excluding hydrogens is 246 g/mol. The molecule has 0 aromatic rings. The predicted octanol–water partition coefficient (Wildman–Crippen LogP) is 3.62. The first-order valence-electron chi connectivity index (χ1n) is 5.91. The van der Waals surface area contributed by atoms with Crippen molar-refractivity contribution in [2.24, 2.45) is 0 Å². The van der Waals surface area contributed by atoms with E-state index in [1.54, 1.807) is 0 Å². The van der Waals surface area contributed by atoms with E-state index in [1.165, 1.54) is 6.08 Å². The lowest BCUT2D eigenvalue weighted by Gasteiger charge is -2.10. The Morgan fingerprint density at radius 2 is 1.71 bits per heavy atom. The summed E-state index contributed by atoms with van der Waals surface area (Å²) in [5.41, 5.74) is 0. The molecule has 1 N–H and O–H groups in total. The summed E-state index contributed by atoms with van der Waals surface area (Å²) in [7, 11) is -3.90. The molecule has 0 amide bonds. The second kappa shape index (κ2) is 10.9. The Kier molecular flexibility index (Phi) is 10.8. The van der Waals surface area contributed by atoms with Crippen LogP contribution in [0.2, 0.25) is 0 Å². The van der Waals surface area contributed by atoms with Gasteiger partial charge in [0.1, 0.15) is 0 Å². The minimum atomic E-state index is -3.90. The minimum Gasteiger partial charge on any atom is -0.302 e. The third-order valence-electron chi connectivity index (χ3n) is 2.14. The van der Waals surface area contributed by atoms with Crippen LogP contribution >= 0.6 is 7.82 Å². The van der Waals surface area contributed by atoms with Gasteiger partial charge in [-0.25, -0.2) is 4.57 Å². The highest BCUT2D eigenvalue weighted by atomic mass is 31.2. The summed E-state index contributed by atoms with van der Waals surface area (Å²) in [5, 5.41) is 0. The molecule has 0 aromatic heterocycles.